The highest BCUT2D eigenvalue weighted by Gasteiger charge is 2.21. The molecule has 0 bridgehead atoms. The van der Waals surface area contributed by atoms with E-state index in [2.05, 4.69) is 0 Å². The molecule has 0 saturated carbocycles. The second kappa shape index (κ2) is 3.79. The summed E-state index contributed by atoms with van der Waals surface area (Å²) in [7, 11) is 0. The Kier molecular flexibility index (Phi) is 2.44. The summed E-state index contributed by atoms with van der Waals surface area (Å²) in [5, 5.41) is 28.3. The number of Topliss-reactive ketones (excluding diaryl/α,β-unsaturated/α-hetero) is 1. The molecule has 0 aliphatic heterocycles. The molecule has 0 radical (unpaired) electrons. The largest absolute Gasteiger partial charge is 0.508 e. The van der Waals surface area contributed by atoms with Gasteiger partial charge in [0.2, 0.25) is 0 Å². The van der Waals surface area contributed by atoms with Crippen LogP contribution in [0.1, 0.15) is 10.4 Å². The van der Waals surface area contributed by atoms with Crippen LogP contribution >= 0.6 is 0 Å². The van der Waals surface area contributed by atoms with Gasteiger partial charge in [-0.15, -0.1) is 0 Å². The predicted molar refractivity (Wildman–Crippen MR) is 59.2 cm³/mol. The van der Waals surface area contributed by atoms with E-state index in [0.29, 0.717) is 5.39 Å². The van der Waals surface area contributed by atoms with Crippen LogP contribution in [0.2, 0.25) is 0 Å². The Morgan fingerprint density at radius 1 is 1.00 bits per heavy atom. The molecule has 2 aromatic rings. The fraction of sp³-hybridized carbons (Fsp3) is 0. The van der Waals surface area contributed by atoms with E-state index in [-0.39, 0.29) is 16.7 Å². The van der Waals surface area contributed by atoms with E-state index >= 15 is 0 Å². The first kappa shape index (κ1) is 10.9. The van der Waals surface area contributed by atoms with Gasteiger partial charge in [0.1, 0.15) is 11.5 Å². The Morgan fingerprint density at radius 3 is 2.29 bits per heavy atom. The summed E-state index contributed by atoms with van der Waals surface area (Å²) in [5.41, 5.74) is -0.314. The monoisotopic (exact) mass is 232 g/mol. The first-order valence-electron chi connectivity index (χ1n) is 4.73. The van der Waals surface area contributed by atoms with Gasteiger partial charge in [0.05, 0.1) is 5.56 Å². The molecule has 0 aliphatic carbocycles. The van der Waals surface area contributed by atoms with Gasteiger partial charge >= 0.3 is 5.97 Å². The minimum atomic E-state index is -1.66. The molecule has 0 heterocycles. The van der Waals surface area contributed by atoms with Crippen molar-refractivity contribution in [3.8, 4) is 11.5 Å². The first-order valence-corrected chi connectivity index (χ1v) is 4.73. The third-order valence-electron chi connectivity index (χ3n) is 2.40. The minimum Gasteiger partial charge on any atom is -0.508 e. The van der Waals surface area contributed by atoms with E-state index in [1.54, 1.807) is 0 Å². The average molecular weight is 232 g/mol. The van der Waals surface area contributed by atoms with Gasteiger partial charge in [-0.05, 0) is 23.6 Å². The fourth-order valence-electron chi connectivity index (χ4n) is 1.64. The number of aliphatic carboxylic acids is 1. The van der Waals surface area contributed by atoms with Crippen molar-refractivity contribution < 1.29 is 24.9 Å². The molecule has 86 valence electrons. The summed E-state index contributed by atoms with van der Waals surface area (Å²) in [5.74, 6) is -3.40. The van der Waals surface area contributed by atoms with E-state index in [0.717, 1.165) is 0 Å². The molecule has 0 amide bonds. The van der Waals surface area contributed by atoms with Crippen LogP contribution in [0.5, 0.6) is 11.5 Å². The number of phenols is 2. The third-order valence-corrected chi connectivity index (χ3v) is 2.40. The summed E-state index contributed by atoms with van der Waals surface area (Å²) >= 11 is 0. The number of fused-ring (bicyclic) bond motifs is 1. The zero-order valence-electron chi connectivity index (χ0n) is 8.54. The van der Waals surface area contributed by atoms with Crippen molar-refractivity contribution in [1.82, 2.24) is 0 Å². The zero-order valence-corrected chi connectivity index (χ0v) is 8.54. The SMILES string of the molecule is O=C(O)C(=O)c1c(O)ccc2ccc(O)cc12. The number of hydrogen-bond donors (Lipinski definition) is 3. The highest BCUT2D eigenvalue weighted by atomic mass is 16.4. The van der Waals surface area contributed by atoms with Crippen LogP contribution in [0.25, 0.3) is 10.8 Å². The summed E-state index contributed by atoms with van der Waals surface area (Å²) < 4.78 is 0. The predicted octanol–water partition coefficient (Wildman–Crippen LogP) is 1.52. The van der Waals surface area contributed by atoms with Gasteiger partial charge in [-0.3, -0.25) is 4.79 Å². The second-order valence-electron chi connectivity index (χ2n) is 3.50. The quantitative estimate of drug-likeness (QED) is 0.539. The highest BCUT2D eigenvalue weighted by molar-refractivity contribution is 6.43. The van der Waals surface area contributed by atoms with Gasteiger partial charge < -0.3 is 15.3 Å². The van der Waals surface area contributed by atoms with Crippen LogP contribution in [0.3, 0.4) is 0 Å². The topological polar surface area (TPSA) is 94.8 Å². The van der Waals surface area contributed by atoms with Gasteiger partial charge in [0.15, 0.2) is 0 Å². The number of aromatic hydroxyl groups is 2. The zero-order chi connectivity index (χ0) is 12.6. The van der Waals surface area contributed by atoms with E-state index in [9.17, 15) is 19.8 Å². The number of carboxylic acids is 1. The number of hydrogen-bond acceptors (Lipinski definition) is 4. The Hall–Kier alpha value is -2.56. The van der Waals surface area contributed by atoms with Crippen LogP contribution in [0.4, 0.5) is 0 Å². The van der Waals surface area contributed by atoms with Crippen molar-refractivity contribution in [1.29, 1.82) is 0 Å². The van der Waals surface area contributed by atoms with Crippen LogP contribution < -0.4 is 0 Å². The Labute approximate surface area is 95.5 Å². The second-order valence-corrected chi connectivity index (χ2v) is 3.50. The van der Waals surface area contributed by atoms with Crippen LogP contribution in [-0.2, 0) is 4.79 Å². The first-order chi connectivity index (χ1) is 8.00. The lowest BCUT2D eigenvalue weighted by atomic mass is 10.00. The van der Waals surface area contributed by atoms with Gasteiger partial charge in [-0.25, -0.2) is 4.79 Å². The molecule has 5 heteroatoms. The van der Waals surface area contributed by atoms with Crippen LogP contribution in [0.15, 0.2) is 30.3 Å². The van der Waals surface area contributed by atoms with E-state index in [1.807, 2.05) is 0 Å². The van der Waals surface area contributed by atoms with Gasteiger partial charge in [-0.2, -0.15) is 0 Å². The minimum absolute atomic E-state index is 0.109. The number of carboxylic acid groups (broad SMARTS) is 1. The number of carbonyl (C=O) groups is 2. The summed E-state index contributed by atoms with van der Waals surface area (Å²) in [6.07, 6.45) is 0. The Balaban J connectivity index is 2.83. The van der Waals surface area contributed by atoms with Gasteiger partial charge in [-0.1, -0.05) is 12.1 Å². The Morgan fingerprint density at radius 2 is 1.65 bits per heavy atom. The molecule has 0 fully saturated rings. The van der Waals surface area contributed by atoms with Crippen molar-refractivity contribution in [3.05, 3.63) is 35.9 Å². The molecule has 2 rings (SSSR count). The molecule has 0 unspecified atom stereocenters. The van der Waals surface area contributed by atoms with Crippen molar-refractivity contribution in [2.45, 2.75) is 0 Å². The van der Waals surface area contributed by atoms with Gasteiger partial charge in [0, 0.05) is 5.39 Å². The lowest BCUT2D eigenvalue weighted by molar-refractivity contribution is -0.131. The van der Waals surface area contributed by atoms with Crippen LogP contribution in [0, 0.1) is 0 Å². The Bertz CT molecular complexity index is 625. The van der Waals surface area contributed by atoms with Crippen molar-refractivity contribution in [2.75, 3.05) is 0 Å². The maximum atomic E-state index is 11.4. The van der Waals surface area contributed by atoms with Crippen molar-refractivity contribution >= 4 is 22.5 Å². The smallest absolute Gasteiger partial charge is 0.377 e. The van der Waals surface area contributed by atoms with Crippen LogP contribution in [-0.4, -0.2) is 27.1 Å². The fourth-order valence-corrected chi connectivity index (χ4v) is 1.64. The normalized spacial score (nSPS) is 10.4. The van der Waals surface area contributed by atoms with E-state index < -0.39 is 17.5 Å². The standard InChI is InChI=1S/C12H8O5/c13-7-3-1-6-2-4-9(14)10(8(6)5-7)11(15)12(16)17/h1-5,13-14H,(H,16,17). The molecule has 2 aromatic carbocycles. The molecule has 3 N–H and O–H groups in total. The molecule has 17 heavy (non-hydrogen) atoms. The number of rotatable bonds is 2. The lowest BCUT2D eigenvalue weighted by Gasteiger charge is -2.06. The average Bonchev–Trinajstić information content (AvgIpc) is 2.27. The third kappa shape index (κ3) is 1.78. The maximum absolute atomic E-state index is 11.4. The molecule has 5 nitrogen and oxygen atoms in total. The maximum Gasteiger partial charge on any atom is 0.377 e. The van der Waals surface area contributed by atoms with E-state index in [1.165, 1.54) is 30.3 Å². The molecular weight excluding hydrogens is 224 g/mol. The molecule has 0 aliphatic rings. The number of ketones is 1. The number of phenolic OH excluding ortho intramolecular Hbond substituents is 2. The molecule has 0 saturated heterocycles. The van der Waals surface area contributed by atoms with Crippen molar-refractivity contribution in [2.24, 2.45) is 0 Å². The number of benzene rings is 2. The van der Waals surface area contributed by atoms with Gasteiger partial charge in [0.25, 0.3) is 5.78 Å². The molecular formula is C12H8O5. The molecule has 0 spiro atoms. The molecule has 0 atom stereocenters. The summed E-state index contributed by atoms with van der Waals surface area (Å²) in [4.78, 5) is 22.1. The lowest BCUT2D eigenvalue weighted by Crippen LogP contribution is -2.13. The summed E-state index contributed by atoms with van der Waals surface area (Å²) in [6.45, 7) is 0. The highest BCUT2D eigenvalue weighted by Crippen LogP contribution is 2.30. The molecule has 0 aromatic heterocycles. The number of carbonyl (C=O) groups excluding carboxylic acids is 1. The van der Waals surface area contributed by atoms with Crippen molar-refractivity contribution in [3.63, 3.8) is 0 Å². The van der Waals surface area contributed by atoms with E-state index in [4.69, 9.17) is 5.11 Å². The summed E-state index contributed by atoms with van der Waals surface area (Å²) in [6, 6.07) is 6.96.